The summed E-state index contributed by atoms with van der Waals surface area (Å²) in [6.45, 7) is 1.65. The molecule has 8 heteroatoms. The van der Waals surface area contributed by atoms with E-state index in [4.69, 9.17) is 16.0 Å². The van der Waals surface area contributed by atoms with Gasteiger partial charge in [0, 0.05) is 17.5 Å². The first kappa shape index (κ1) is 19.1. The molecule has 2 aromatic carbocycles. The minimum absolute atomic E-state index is 0.00967. The van der Waals surface area contributed by atoms with Crippen LogP contribution in [0.25, 0.3) is 11.1 Å². The van der Waals surface area contributed by atoms with Crippen molar-refractivity contribution in [2.45, 2.75) is 12.8 Å². The molecule has 1 aromatic heterocycles. The fourth-order valence-corrected chi connectivity index (χ4v) is 2.70. The number of nitrogens with zero attached hydrogens (tertiary/aromatic N) is 2. The van der Waals surface area contributed by atoms with Gasteiger partial charge in [0.2, 0.25) is 5.91 Å². The molecule has 0 saturated carbocycles. The molecule has 3 aromatic rings. The van der Waals surface area contributed by atoms with Gasteiger partial charge in [-0.2, -0.15) is 0 Å². The van der Waals surface area contributed by atoms with Gasteiger partial charge in [-0.05, 0) is 17.2 Å². The lowest BCUT2D eigenvalue weighted by Gasteiger charge is -2.10. The monoisotopic (exact) mass is 381 g/mol. The van der Waals surface area contributed by atoms with E-state index in [9.17, 15) is 9.18 Å². The zero-order valence-corrected chi connectivity index (χ0v) is 15.2. The van der Waals surface area contributed by atoms with Crippen LogP contribution < -0.4 is 16.8 Å². The Balaban J connectivity index is 1.75. The van der Waals surface area contributed by atoms with Crippen LogP contribution in [-0.2, 0) is 4.79 Å². The minimum Gasteiger partial charge on any atom is -0.370 e. The van der Waals surface area contributed by atoms with Crippen LogP contribution >= 0.6 is 0 Å². The van der Waals surface area contributed by atoms with Gasteiger partial charge >= 0.3 is 0 Å². The lowest BCUT2D eigenvalue weighted by molar-refractivity contribution is -0.116. The van der Waals surface area contributed by atoms with Gasteiger partial charge in [-0.15, -0.1) is 0 Å². The Labute approximate surface area is 161 Å². The number of nitrogens with two attached hydrogens (primary N) is 2. The largest absolute Gasteiger partial charge is 0.370 e. The molecule has 0 bridgehead atoms. The van der Waals surface area contributed by atoms with Crippen molar-refractivity contribution in [2.24, 2.45) is 16.5 Å². The average molecular weight is 381 g/mol. The van der Waals surface area contributed by atoms with Crippen LogP contribution in [0.3, 0.4) is 0 Å². The topological polar surface area (TPSA) is 120 Å². The maximum Gasteiger partial charge on any atom is 0.239 e. The van der Waals surface area contributed by atoms with Gasteiger partial charge in [0.05, 0.1) is 0 Å². The van der Waals surface area contributed by atoms with Crippen molar-refractivity contribution < 1.29 is 13.7 Å². The van der Waals surface area contributed by atoms with Crippen LogP contribution in [0.4, 0.5) is 10.2 Å². The second kappa shape index (κ2) is 8.34. The Morgan fingerprint density at radius 1 is 1.21 bits per heavy atom. The van der Waals surface area contributed by atoms with E-state index in [2.05, 4.69) is 15.5 Å². The Kier molecular flexibility index (Phi) is 5.69. The molecule has 1 amide bonds. The third-order valence-corrected chi connectivity index (χ3v) is 4.19. The van der Waals surface area contributed by atoms with Crippen molar-refractivity contribution >= 4 is 17.7 Å². The molecular weight excluding hydrogens is 361 g/mol. The summed E-state index contributed by atoms with van der Waals surface area (Å²) in [5, 5.41) is 6.57. The molecule has 3 rings (SSSR count). The van der Waals surface area contributed by atoms with Gasteiger partial charge < -0.3 is 21.3 Å². The summed E-state index contributed by atoms with van der Waals surface area (Å²) in [6.07, 6.45) is 0. The summed E-state index contributed by atoms with van der Waals surface area (Å²) < 4.78 is 19.9. The highest BCUT2D eigenvalue weighted by Gasteiger charge is 2.17. The molecule has 1 unspecified atom stereocenters. The van der Waals surface area contributed by atoms with E-state index in [-0.39, 0.29) is 24.2 Å². The smallest absolute Gasteiger partial charge is 0.239 e. The Hall–Kier alpha value is -3.68. The number of aliphatic imine (C=N–C) groups is 1. The Morgan fingerprint density at radius 3 is 2.64 bits per heavy atom. The Morgan fingerprint density at radius 2 is 1.96 bits per heavy atom. The first-order valence-corrected chi connectivity index (χ1v) is 8.60. The van der Waals surface area contributed by atoms with Gasteiger partial charge in [0.1, 0.15) is 18.1 Å². The van der Waals surface area contributed by atoms with Crippen molar-refractivity contribution in [3.05, 3.63) is 71.7 Å². The number of primary amides is 1. The SMILES string of the molecule is CC(c1ccc(-c2ccccc2)c(F)c1)c1cc(NC(N)=NCC(N)=O)no1. The highest BCUT2D eigenvalue weighted by molar-refractivity contribution is 5.92. The summed E-state index contributed by atoms with van der Waals surface area (Å²) in [4.78, 5) is 14.5. The zero-order valence-electron chi connectivity index (χ0n) is 15.2. The number of guanidine groups is 1. The van der Waals surface area contributed by atoms with Crippen LogP contribution in [0, 0.1) is 5.82 Å². The molecule has 0 aliphatic rings. The summed E-state index contributed by atoms with van der Waals surface area (Å²) in [5.74, 6) is -0.293. The van der Waals surface area contributed by atoms with Gasteiger partial charge in [-0.25, -0.2) is 9.38 Å². The van der Waals surface area contributed by atoms with E-state index >= 15 is 0 Å². The first-order valence-electron chi connectivity index (χ1n) is 8.60. The molecule has 28 heavy (non-hydrogen) atoms. The number of nitrogens with one attached hydrogen (secondary N) is 1. The van der Waals surface area contributed by atoms with Crippen LogP contribution in [0.15, 0.2) is 64.1 Å². The number of hydrogen-bond donors (Lipinski definition) is 3. The van der Waals surface area contributed by atoms with Gasteiger partial charge in [-0.3, -0.25) is 4.79 Å². The lowest BCUT2D eigenvalue weighted by atomic mass is 9.95. The first-order chi connectivity index (χ1) is 13.4. The number of carbonyl (C=O) groups excluding carboxylic acids is 1. The van der Waals surface area contributed by atoms with Crippen LogP contribution in [0.5, 0.6) is 0 Å². The number of benzene rings is 2. The molecule has 0 aliphatic heterocycles. The number of amides is 1. The third-order valence-electron chi connectivity index (χ3n) is 4.19. The fourth-order valence-electron chi connectivity index (χ4n) is 2.70. The predicted molar refractivity (Wildman–Crippen MR) is 105 cm³/mol. The second-order valence-corrected chi connectivity index (χ2v) is 6.23. The maximum atomic E-state index is 14.6. The molecule has 5 N–H and O–H groups in total. The van der Waals surface area contributed by atoms with Crippen molar-refractivity contribution in [3.8, 4) is 11.1 Å². The number of anilines is 1. The number of aromatic nitrogens is 1. The van der Waals surface area contributed by atoms with E-state index in [0.29, 0.717) is 17.1 Å². The van der Waals surface area contributed by atoms with Crippen molar-refractivity contribution in [1.82, 2.24) is 5.16 Å². The molecule has 1 heterocycles. The molecule has 1 atom stereocenters. The highest BCUT2D eigenvalue weighted by atomic mass is 19.1. The summed E-state index contributed by atoms with van der Waals surface area (Å²) >= 11 is 0. The number of halogens is 1. The standard InChI is InChI=1S/C20H20FN5O2/c1-12(17-10-19(26-28-17)25-20(23)24-11-18(22)27)14-7-8-15(16(21)9-14)13-5-3-2-4-6-13/h2-10,12H,11H2,1H3,(H2,22,27)(H3,23,24,25,26). The quantitative estimate of drug-likeness (QED) is 0.448. The normalized spacial score (nSPS) is 12.6. The van der Waals surface area contributed by atoms with E-state index in [1.165, 1.54) is 6.07 Å². The van der Waals surface area contributed by atoms with Crippen molar-refractivity contribution in [2.75, 3.05) is 11.9 Å². The molecule has 0 fully saturated rings. The van der Waals surface area contributed by atoms with E-state index in [1.54, 1.807) is 12.1 Å². The molecular formula is C20H20FN5O2. The van der Waals surface area contributed by atoms with Crippen LogP contribution in [0.2, 0.25) is 0 Å². The van der Waals surface area contributed by atoms with Crippen molar-refractivity contribution in [3.63, 3.8) is 0 Å². The summed E-state index contributed by atoms with van der Waals surface area (Å²) in [6, 6.07) is 16.1. The van der Waals surface area contributed by atoms with Crippen LogP contribution in [-0.4, -0.2) is 23.6 Å². The third kappa shape index (κ3) is 4.53. The van der Waals surface area contributed by atoms with Gasteiger partial charge in [0.25, 0.3) is 0 Å². The number of carbonyl (C=O) groups is 1. The highest BCUT2D eigenvalue weighted by Crippen LogP contribution is 2.30. The molecule has 144 valence electrons. The molecule has 0 aliphatic carbocycles. The molecule has 0 radical (unpaired) electrons. The maximum absolute atomic E-state index is 14.6. The fraction of sp³-hybridized carbons (Fsp3) is 0.150. The second-order valence-electron chi connectivity index (χ2n) is 6.23. The van der Waals surface area contributed by atoms with Gasteiger partial charge in [-0.1, -0.05) is 54.5 Å². The number of hydrogen-bond acceptors (Lipinski definition) is 4. The van der Waals surface area contributed by atoms with E-state index in [0.717, 1.165) is 11.1 Å². The molecule has 7 nitrogen and oxygen atoms in total. The van der Waals surface area contributed by atoms with Crippen LogP contribution in [0.1, 0.15) is 24.2 Å². The van der Waals surface area contributed by atoms with E-state index < -0.39 is 5.91 Å². The number of rotatable bonds is 6. The molecule has 0 saturated heterocycles. The average Bonchev–Trinajstić information content (AvgIpc) is 3.14. The molecule has 0 spiro atoms. The summed E-state index contributed by atoms with van der Waals surface area (Å²) in [5.41, 5.74) is 12.7. The van der Waals surface area contributed by atoms with Gasteiger partial charge in [0.15, 0.2) is 11.8 Å². The van der Waals surface area contributed by atoms with Crippen molar-refractivity contribution in [1.29, 1.82) is 0 Å². The van der Waals surface area contributed by atoms with E-state index in [1.807, 2.05) is 43.3 Å². The predicted octanol–water partition coefficient (Wildman–Crippen LogP) is 2.84. The summed E-state index contributed by atoms with van der Waals surface area (Å²) in [7, 11) is 0. The zero-order chi connectivity index (χ0) is 20.1. The lowest BCUT2D eigenvalue weighted by Crippen LogP contribution is -2.25. The Bertz CT molecular complexity index is 1000. The minimum atomic E-state index is -0.597.